The third kappa shape index (κ3) is 3.29. The van der Waals surface area contributed by atoms with Crippen LogP contribution in [0.15, 0.2) is 48.5 Å². The second-order valence-corrected chi connectivity index (χ2v) is 5.06. The third-order valence-corrected chi connectivity index (χ3v) is 3.48. The van der Waals surface area contributed by atoms with Gasteiger partial charge >= 0.3 is 12.2 Å². The SMILES string of the molecule is O=C1Nc2cccc(C(F)(F)F)c2CN1OCc1ccccc1. The van der Waals surface area contributed by atoms with Gasteiger partial charge in [-0.2, -0.15) is 18.2 Å². The molecule has 2 aromatic rings. The molecular weight excluding hydrogens is 309 g/mol. The summed E-state index contributed by atoms with van der Waals surface area (Å²) in [5.74, 6) is 0. The van der Waals surface area contributed by atoms with Crippen LogP contribution in [0.3, 0.4) is 0 Å². The standard InChI is InChI=1S/C16H13F3N2O2/c17-16(18,19)13-7-4-8-14-12(13)9-21(15(22)20-14)23-10-11-5-2-1-3-6-11/h1-8H,9-10H2,(H,20,22). The van der Waals surface area contributed by atoms with Crippen molar-refractivity contribution in [3.05, 3.63) is 65.2 Å². The minimum absolute atomic E-state index is 0.00679. The zero-order chi connectivity index (χ0) is 16.4. The van der Waals surface area contributed by atoms with Gasteiger partial charge in [-0.3, -0.25) is 4.84 Å². The van der Waals surface area contributed by atoms with Crippen molar-refractivity contribution in [3.8, 4) is 0 Å². The first-order chi connectivity index (χ1) is 10.9. The number of alkyl halides is 3. The summed E-state index contributed by atoms with van der Waals surface area (Å²) in [6, 6.07) is 12.2. The molecule has 3 rings (SSSR count). The first kappa shape index (κ1) is 15.4. The molecule has 1 N–H and O–H groups in total. The van der Waals surface area contributed by atoms with E-state index in [0.717, 1.165) is 16.7 Å². The summed E-state index contributed by atoms with van der Waals surface area (Å²) >= 11 is 0. The lowest BCUT2D eigenvalue weighted by atomic mass is 10.0. The van der Waals surface area contributed by atoms with Gasteiger partial charge in [-0.15, -0.1) is 0 Å². The Morgan fingerprint density at radius 2 is 1.83 bits per heavy atom. The largest absolute Gasteiger partial charge is 0.416 e. The fraction of sp³-hybridized carbons (Fsp3) is 0.188. The molecule has 120 valence electrons. The number of rotatable bonds is 3. The molecule has 0 fully saturated rings. The first-order valence-electron chi connectivity index (χ1n) is 6.89. The van der Waals surface area contributed by atoms with Crippen molar-refractivity contribution in [2.45, 2.75) is 19.3 Å². The van der Waals surface area contributed by atoms with Gasteiger partial charge in [-0.05, 0) is 17.7 Å². The average molecular weight is 322 g/mol. The van der Waals surface area contributed by atoms with E-state index in [-0.39, 0.29) is 24.4 Å². The number of fused-ring (bicyclic) bond motifs is 1. The van der Waals surface area contributed by atoms with Gasteiger partial charge in [0.05, 0.1) is 12.1 Å². The Labute approximate surface area is 130 Å². The van der Waals surface area contributed by atoms with Gasteiger partial charge in [0.2, 0.25) is 0 Å². The minimum atomic E-state index is -4.49. The van der Waals surface area contributed by atoms with E-state index in [1.54, 1.807) is 12.1 Å². The van der Waals surface area contributed by atoms with E-state index >= 15 is 0 Å². The number of hydrogen-bond acceptors (Lipinski definition) is 2. The number of amides is 2. The summed E-state index contributed by atoms with van der Waals surface area (Å²) < 4.78 is 39.2. The van der Waals surface area contributed by atoms with Gasteiger partial charge in [0.1, 0.15) is 6.61 Å². The number of hydrogen-bond donors (Lipinski definition) is 1. The molecule has 0 unspecified atom stereocenters. The maximum absolute atomic E-state index is 13.1. The fourth-order valence-corrected chi connectivity index (χ4v) is 2.36. The highest BCUT2D eigenvalue weighted by atomic mass is 19.4. The summed E-state index contributed by atoms with van der Waals surface area (Å²) in [5, 5.41) is 3.33. The number of carbonyl (C=O) groups excluding carboxylic acids is 1. The van der Waals surface area contributed by atoms with Crippen molar-refractivity contribution in [2.24, 2.45) is 0 Å². The van der Waals surface area contributed by atoms with E-state index < -0.39 is 17.8 Å². The Morgan fingerprint density at radius 3 is 2.52 bits per heavy atom. The summed E-state index contributed by atoms with van der Waals surface area (Å²) in [7, 11) is 0. The summed E-state index contributed by atoms with van der Waals surface area (Å²) in [6.45, 7) is -0.165. The maximum Gasteiger partial charge on any atom is 0.416 e. The molecule has 0 saturated carbocycles. The first-order valence-corrected chi connectivity index (χ1v) is 6.89. The number of urea groups is 1. The van der Waals surface area contributed by atoms with Crippen molar-refractivity contribution < 1.29 is 22.8 Å². The number of anilines is 1. The molecule has 23 heavy (non-hydrogen) atoms. The molecule has 1 aliphatic rings. The van der Waals surface area contributed by atoms with Gasteiger partial charge < -0.3 is 5.32 Å². The van der Waals surface area contributed by atoms with Crippen LogP contribution in [0.4, 0.5) is 23.7 Å². The molecule has 0 spiro atoms. The smallest absolute Gasteiger partial charge is 0.306 e. The Balaban J connectivity index is 1.80. The second-order valence-electron chi connectivity index (χ2n) is 5.06. The molecular formula is C16H13F3N2O2. The van der Waals surface area contributed by atoms with Gasteiger partial charge in [0.15, 0.2) is 0 Å². The van der Waals surface area contributed by atoms with E-state index in [4.69, 9.17) is 4.84 Å². The number of hydroxylamine groups is 2. The highest BCUT2D eigenvalue weighted by molar-refractivity contribution is 5.91. The van der Waals surface area contributed by atoms with E-state index in [2.05, 4.69) is 5.32 Å². The molecule has 0 atom stereocenters. The molecule has 1 aliphatic heterocycles. The molecule has 2 aromatic carbocycles. The number of benzene rings is 2. The topological polar surface area (TPSA) is 41.6 Å². The lowest BCUT2D eigenvalue weighted by Crippen LogP contribution is -2.39. The summed E-state index contributed by atoms with van der Waals surface area (Å²) in [4.78, 5) is 17.3. The monoisotopic (exact) mass is 322 g/mol. The third-order valence-electron chi connectivity index (χ3n) is 3.48. The number of nitrogens with one attached hydrogen (secondary N) is 1. The van der Waals surface area contributed by atoms with Crippen molar-refractivity contribution in [3.63, 3.8) is 0 Å². The Kier molecular flexibility index (Phi) is 3.96. The van der Waals surface area contributed by atoms with Gasteiger partial charge in [-0.25, -0.2) is 4.79 Å². The second kappa shape index (κ2) is 5.92. The van der Waals surface area contributed by atoms with Gasteiger partial charge in [0, 0.05) is 11.3 Å². The lowest BCUT2D eigenvalue weighted by molar-refractivity contribution is -0.145. The van der Waals surface area contributed by atoms with Crippen LogP contribution >= 0.6 is 0 Å². The number of halogens is 3. The molecule has 0 bridgehead atoms. The van der Waals surface area contributed by atoms with Crippen molar-refractivity contribution in [1.82, 2.24) is 5.06 Å². The summed E-state index contributed by atoms with van der Waals surface area (Å²) in [6.07, 6.45) is -4.49. The molecule has 0 aliphatic carbocycles. The van der Waals surface area contributed by atoms with Crippen LogP contribution in [0.5, 0.6) is 0 Å². The predicted octanol–water partition coefficient (Wildman–Crippen LogP) is 4.18. The zero-order valence-corrected chi connectivity index (χ0v) is 11.9. The maximum atomic E-state index is 13.1. The van der Waals surface area contributed by atoms with Crippen LogP contribution in [0.25, 0.3) is 0 Å². The molecule has 0 radical (unpaired) electrons. The van der Waals surface area contributed by atoms with Crippen LogP contribution in [-0.4, -0.2) is 11.1 Å². The molecule has 2 amide bonds. The van der Waals surface area contributed by atoms with Crippen molar-refractivity contribution in [2.75, 3.05) is 5.32 Å². The van der Waals surface area contributed by atoms with Crippen LogP contribution in [0.1, 0.15) is 16.7 Å². The van der Waals surface area contributed by atoms with E-state index in [1.165, 1.54) is 12.1 Å². The molecule has 0 saturated heterocycles. The van der Waals surface area contributed by atoms with E-state index in [9.17, 15) is 18.0 Å². The molecule has 4 nitrogen and oxygen atoms in total. The number of nitrogens with zero attached hydrogens (tertiary/aromatic N) is 1. The minimum Gasteiger partial charge on any atom is -0.306 e. The van der Waals surface area contributed by atoms with E-state index in [1.807, 2.05) is 18.2 Å². The number of carbonyl (C=O) groups is 1. The Hall–Kier alpha value is -2.54. The average Bonchev–Trinajstić information content (AvgIpc) is 2.52. The highest BCUT2D eigenvalue weighted by Crippen LogP contribution is 2.37. The van der Waals surface area contributed by atoms with Gasteiger partial charge in [0.25, 0.3) is 0 Å². The summed E-state index contributed by atoms with van der Waals surface area (Å²) in [5.41, 5.74) is 0.190. The van der Waals surface area contributed by atoms with Crippen LogP contribution in [0, 0.1) is 0 Å². The van der Waals surface area contributed by atoms with Crippen LogP contribution in [0.2, 0.25) is 0 Å². The highest BCUT2D eigenvalue weighted by Gasteiger charge is 2.37. The normalized spacial score (nSPS) is 14.4. The Bertz CT molecular complexity index is 717. The fourth-order valence-electron chi connectivity index (χ4n) is 2.36. The van der Waals surface area contributed by atoms with Crippen molar-refractivity contribution >= 4 is 11.7 Å². The zero-order valence-electron chi connectivity index (χ0n) is 11.9. The van der Waals surface area contributed by atoms with Crippen molar-refractivity contribution in [1.29, 1.82) is 0 Å². The quantitative estimate of drug-likeness (QED) is 0.921. The van der Waals surface area contributed by atoms with Crippen LogP contribution in [-0.2, 0) is 24.2 Å². The molecule has 1 heterocycles. The molecule has 0 aromatic heterocycles. The predicted molar refractivity (Wildman–Crippen MR) is 77.2 cm³/mol. The van der Waals surface area contributed by atoms with E-state index in [0.29, 0.717) is 0 Å². The molecule has 7 heteroatoms. The Morgan fingerprint density at radius 1 is 1.09 bits per heavy atom. The van der Waals surface area contributed by atoms with Gasteiger partial charge in [-0.1, -0.05) is 36.4 Å². The van der Waals surface area contributed by atoms with Crippen LogP contribution < -0.4 is 5.32 Å². The lowest BCUT2D eigenvalue weighted by Gasteiger charge is -2.30.